The van der Waals surface area contributed by atoms with E-state index >= 15 is 0 Å². The zero-order valence-electron chi connectivity index (χ0n) is 14.8. The molecule has 0 aromatic carbocycles. The summed E-state index contributed by atoms with van der Waals surface area (Å²) in [4.78, 5) is 37.2. The molecular weight excluding hydrogens is 338 g/mol. The minimum Gasteiger partial charge on any atom is -0.348 e. The maximum absolute atomic E-state index is 12.5. The van der Waals surface area contributed by atoms with Crippen LogP contribution in [0.15, 0.2) is 17.4 Å². The maximum atomic E-state index is 12.5. The second kappa shape index (κ2) is 8.14. The van der Waals surface area contributed by atoms with Crippen molar-refractivity contribution in [2.24, 2.45) is 0 Å². The summed E-state index contributed by atoms with van der Waals surface area (Å²) < 4.78 is 0. The molecule has 1 N–H and O–H groups in total. The van der Waals surface area contributed by atoms with Crippen LogP contribution in [-0.2, 0) is 4.79 Å². The third-order valence-corrected chi connectivity index (χ3v) is 5.73. The van der Waals surface area contributed by atoms with Gasteiger partial charge in [0.2, 0.25) is 5.91 Å². The van der Waals surface area contributed by atoms with Crippen molar-refractivity contribution in [2.45, 2.75) is 43.3 Å². The number of aromatic nitrogens is 2. The van der Waals surface area contributed by atoms with Gasteiger partial charge in [-0.1, -0.05) is 6.92 Å². The van der Waals surface area contributed by atoms with E-state index in [2.05, 4.69) is 20.2 Å². The highest BCUT2D eigenvalue weighted by atomic mass is 32.2. The van der Waals surface area contributed by atoms with Gasteiger partial charge < -0.3 is 10.2 Å². The monoisotopic (exact) mass is 363 g/mol. The van der Waals surface area contributed by atoms with E-state index < -0.39 is 0 Å². The number of piperidine rings is 1. The van der Waals surface area contributed by atoms with Crippen molar-refractivity contribution in [1.29, 1.82) is 0 Å². The van der Waals surface area contributed by atoms with Crippen molar-refractivity contribution < 1.29 is 9.59 Å². The Morgan fingerprint density at radius 1 is 1.24 bits per heavy atom. The van der Waals surface area contributed by atoms with Crippen LogP contribution >= 0.6 is 11.8 Å². The van der Waals surface area contributed by atoms with E-state index in [1.165, 1.54) is 11.8 Å². The molecule has 2 fully saturated rings. The van der Waals surface area contributed by atoms with E-state index in [-0.39, 0.29) is 23.9 Å². The highest BCUT2D eigenvalue weighted by Gasteiger charge is 2.36. The van der Waals surface area contributed by atoms with Gasteiger partial charge in [0, 0.05) is 45.1 Å². The van der Waals surface area contributed by atoms with Gasteiger partial charge in [-0.05, 0) is 25.0 Å². The zero-order chi connectivity index (χ0) is 17.8. The Balaban J connectivity index is 1.54. The fourth-order valence-electron chi connectivity index (χ4n) is 3.48. The minimum absolute atomic E-state index is 0.0224. The van der Waals surface area contributed by atoms with Crippen molar-refractivity contribution in [1.82, 2.24) is 25.1 Å². The van der Waals surface area contributed by atoms with E-state index in [1.807, 2.05) is 14.0 Å². The molecule has 1 unspecified atom stereocenters. The molecular formula is C17H25N5O2S. The van der Waals surface area contributed by atoms with Crippen molar-refractivity contribution in [3.05, 3.63) is 18.1 Å². The molecule has 1 aromatic heterocycles. The molecule has 1 atom stereocenters. The topological polar surface area (TPSA) is 78.4 Å². The van der Waals surface area contributed by atoms with Crippen LogP contribution in [0.25, 0.3) is 0 Å². The molecule has 136 valence electrons. The van der Waals surface area contributed by atoms with Gasteiger partial charge in [-0.15, -0.1) is 11.8 Å². The molecule has 2 amide bonds. The summed E-state index contributed by atoms with van der Waals surface area (Å²) >= 11 is 1.53. The van der Waals surface area contributed by atoms with Gasteiger partial charge in [0.05, 0.1) is 6.04 Å². The number of carbonyl (C=O) groups excluding carboxylic acids is 2. The van der Waals surface area contributed by atoms with Crippen molar-refractivity contribution in [2.75, 3.05) is 32.4 Å². The molecule has 3 rings (SSSR count). The van der Waals surface area contributed by atoms with Gasteiger partial charge >= 0.3 is 0 Å². The largest absolute Gasteiger partial charge is 0.348 e. The fourth-order valence-corrected chi connectivity index (χ4v) is 4.17. The van der Waals surface area contributed by atoms with Crippen LogP contribution in [-0.4, -0.2) is 76.1 Å². The van der Waals surface area contributed by atoms with Crippen LogP contribution in [0.1, 0.15) is 36.7 Å². The first-order valence-corrected chi connectivity index (χ1v) is 9.82. The third-order valence-electron chi connectivity index (χ3n) is 4.87. The molecule has 0 spiro atoms. The number of nitrogens with zero attached hydrogens (tertiary/aromatic N) is 4. The van der Waals surface area contributed by atoms with Gasteiger partial charge in [0.15, 0.2) is 5.69 Å². The first-order chi connectivity index (χ1) is 12.1. The van der Waals surface area contributed by atoms with Crippen molar-refractivity contribution in [3.8, 4) is 0 Å². The van der Waals surface area contributed by atoms with E-state index in [4.69, 9.17) is 0 Å². The Labute approximate surface area is 152 Å². The van der Waals surface area contributed by atoms with Crippen molar-refractivity contribution >= 4 is 23.6 Å². The van der Waals surface area contributed by atoms with Crippen LogP contribution in [0, 0.1) is 0 Å². The highest BCUT2D eigenvalue weighted by molar-refractivity contribution is 7.99. The molecule has 25 heavy (non-hydrogen) atoms. The molecule has 2 saturated heterocycles. The van der Waals surface area contributed by atoms with Crippen LogP contribution < -0.4 is 5.32 Å². The summed E-state index contributed by atoms with van der Waals surface area (Å²) in [6.07, 6.45) is 5.79. The summed E-state index contributed by atoms with van der Waals surface area (Å²) in [5.74, 6) is 0.920. The molecule has 0 bridgehead atoms. The molecule has 2 aliphatic heterocycles. The van der Waals surface area contributed by atoms with Crippen molar-refractivity contribution in [3.63, 3.8) is 0 Å². The Morgan fingerprint density at radius 2 is 1.96 bits per heavy atom. The van der Waals surface area contributed by atoms with E-state index in [0.717, 1.165) is 44.6 Å². The van der Waals surface area contributed by atoms with Gasteiger partial charge in [0.25, 0.3) is 5.91 Å². The van der Waals surface area contributed by atoms with Gasteiger partial charge in [-0.3, -0.25) is 14.5 Å². The maximum Gasteiger partial charge on any atom is 0.272 e. The van der Waals surface area contributed by atoms with Crippen LogP contribution in [0.4, 0.5) is 0 Å². The average Bonchev–Trinajstić information content (AvgIpc) is 2.95. The summed E-state index contributed by atoms with van der Waals surface area (Å²) in [6, 6.07) is 0.147. The summed E-state index contributed by atoms with van der Waals surface area (Å²) in [5.41, 5.74) is 0.407. The highest BCUT2D eigenvalue weighted by Crippen LogP contribution is 2.22. The smallest absolute Gasteiger partial charge is 0.272 e. The number of hydrogen-bond acceptors (Lipinski definition) is 6. The Kier molecular flexibility index (Phi) is 5.90. The average molecular weight is 363 g/mol. The third kappa shape index (κ3) is 4.12. The lowest BCUT2D eigenvalue weighted by Gasteiger charge is -2.35. The SMILES string of the molecule is CCSc1nccnc1C(=O)NC1CCN(C2CCN(C)C2=O)CC1. The number of thioether (sulfide) groups is 1. The van der Waals surface area contributed by atoms with Gasteiger partial charge in [-0.2, -0.15) is 0 Å². The normalized spacial score (nSPS) is 22.4. The lowest BCUT2D eigenvalue weighted by Crippen LogP contribution is -2.50. The molecule has 0 saturated carbocycles. The fraction of sp³-hybridized carbons (Fsp3) is 0.647. The number of carbonyl (C=O) groups is 2. The van der Waals surface area contributed by atoms with E-state index in [1.54, 1.807) is 17.3 Å². The predicted octanol–water partition coefficient (Wildman–Crippen LogP) is 1.01. The number of nitrogens with one attached hydrogen (secondary N) is 1. The number of rotatable bonds is 5. The Morgan fingerprint density at radius 3 is 2.60 bits per heavy atom. The number of amides is 2. The predicted molar refractivity (Wildman–Crippen MR) is 96.5 cm³/mol. The first-order valence-electron chi connectivity index (χ1n) is 8.83. The summed E-state index contributed by atoms with van der Waals surface area (Å²) in [6.45, 7) is 4.54. The Bertz CT molecular complexity index is 633. The van der Waals surface area contributed by atoms with Crippen LogP contribution in [0.2, 0.25) is 0 Å². The Hall–Kier alpha value is -1.67. The summed E-state index contributed by atoms with van der Waals surface area (Å²) in [5, 5.41) is 3.77. The zero-order valence-corrected chi connectivity index (χ0v) is 15.6. The summed E-state index contributed by atoms with van der Waals surface area (Å²) in [7, 11) is 1.86. The number of likely N-dealkylation sites (N-methyl/N-ethyl adjacent to an activating group) is 1. The second-order valence-corrected chi connectivity index (χ2v) is 7.74. The minimum atomic E-state index is -0.154. The standard InChI is InChI=1S/C17H25N5O2S/c1-3-25-16-14(18-7-8-19-16)15(23)20-12-4-10-22(11-5-12)13-6-9-21(2)17(13)24/h7-8,12-13H,3-6,9-11H2,1-2H3,(H,20,23). The second-order valence-electron chi connectivity index (χ2n) is 6.49. The van der Waals surface area contributed by atoms with Crippen LogP contribution in [0.3, 0.4) is 0 Å². The lowest BCUT2D eigenvalue weighted by molar-refractivity contribution is -0.131. The molecule has 2 aliphatic rings. The van der Waals surface area contributed by atoms with E-state index in [0.29, 0.717) is 10.7 Å². The van der Waals surface area contributed by atoms with E-state index in [9.17, 15) is 9.59 Å². The van der Waals surface area contributed by atoms with Gasteiger partial charge in [-0.25, -0.2) is 9.97 Å². The number of likely N-dealkylation sites (tertiary alicyclic amines) is 2. The molecule has 0 aliphatic carbocycles. The number of hydrogen-bond donors (Lipinski definition) is 1. The first kappa shape index (κ1) is 18.1. The molecule has 7 nitrogen and oxygen atoms in total. The van der Waals surface area contributed by atoms with Gasteiger partial charge in [0.1, 0.15) is 5.03 Å². The molecule has 0 radical (unpaired) electrons. The molecule has 8 heteroatoms. The quantitative estimate of drug-likeness (QED) is 0.787. The molecule has 1 aromatic rings. The molecule has 3 heterocycles. The van der Waals surface area contributed by atoms with Crippen LogP contribution in [0.5, 0.6) is 0 Å². The lowest BCUT2D eigenvalue weighted by atomic mass is 10.0.